The Morgan fingerprint density at radius 1 is 1.39 bits per heavy atom. The first kappa shape index (κ1) is 17.7. The average Bonchev–Trinajstić information content (AvgIpc) is 2.56. The highest BCUT2D eigenvalue weighted by Crippen LogP contribution is 2.20. The van der Waals surface area contributed by atoms with Crippen molar-refractivity contribution >= 4 is 5.91 Å². The average molecular weight is 322 g/mol. The lowest BCUT2D eigenvalue weighted by Gasteiger charge is -2.29. The van der Waals surface area contributed by atoms with E-state index in [0.717, 1.165) is 19.5 Å². The molecule has 1 unspecified atom stereocenters. The van der Waals surface area contributed by atoms with Crippen molar-refractivity contribution in [2.45, 2.75) is 38.7 Å². The number of piperidine rings is 1. The minimum atomic E-state index is -0.649. The molecule has 128 valence electrons. The number of hydrogen-bond acceptors (Lipinski definition) is 3. The second kappa shape index (κ2) is 8.87. The molecule has 1 atom stereocenters. The van der Waals surface area contributed by atoms with Crippen LogP contribution in [0.1, 0.15) is 32.6 Å². The zero-order valence-corrected chi connectivity index (χ0v) is 14.1. The van der Waals surface area contributed by atoms with Crippen molar-refractivity contribution in [3.63, 3.8) is 0 Å². The van der Waals surface area contributed by atoms with Gasteiger partial charge in [0.05, 0.1) is 0 Å². The summed E-state index contributed by atoms with van der Waals surface area (Å²) in [6.07, 6.45) is 3.23. The number of ether oxygens (including phenoxy) is 1. The van der Waals surface area contributed by atoms with Crippen molar-refractivity contribution in [3.8, 4) is 5.75 Å². The van der Waals surface area contributed by atoms with E-state index in [4.69, 9.17) is 4.74 Å². The molecule has 1 saturated heterocycles. The summed E-state index contributed by atoms with van der Waals surface area (Å²) in [7, 11) is 2.14. The van der Waals surface area contributed by atoms with Crippen LogP contribution < -0.4 is 10.1 Å². The summed E-state index contributed by atoms with van der Waals surface area (Å²) in [6, 6.07) is 6.18. The number of hydrogen-bond donors (Lipinski definition) is 1. The molecule has 1 aromatic rings. The Hall–Kier alpha value is -1.62. The van der Waals surface area contributed by atoms with Crippen LogP contribution in [0.15, 0.2) is 24.3 Å². The minimum Gasteiger partial charge on any atom is -0.478 e. The van der Waals surface area contributed by atoms with Gasteiger partial charge < -0.3 is 15.0 Å². The molecule has 1 aliphatic heterocycles. The van der Waals surface area contributed by atoms with Crippen molar-refractivity contribution in [2.24, 2.45) is 5.92 Å². The van der Waals surface area contributed by atoms with Gasteiger partial charge in [-0.1, -0.05) is 19.1 Å². The molecule has 0 radical (unpaired) electrons. The van der Waals surface area contributed by atoms with Crippen molar-refractivity contribution in [1.29, 1.82) is 0 Å². The normalized spacial score (nSPS) is 17.7. The monoisotopic (exact) mass is 322 g/mol. The third kappa shape index (κ3) is 5.50. The van der Waals surface area contributed by atoms with Crippen molar-refractivity contribution in [1.82, 2.24) is 10.2 Å². The number of nitrogens with one attached hydrogen (secondary N) is 1. The highest BCUT2D eigenvalue weighted by atomic mass is 19.1. The van der Waals surface area contributed by atoms with E-state index in [-0.39, 0.29) is 11.7 Å². The van der Waals surface area contributed by atoms with Crippen molar-refractivity contribution < 1.29 is 13.9 Å². The lowest BCUT2D eigenvalue weighted by atomic mass is 9.94. The van der Waals surface area contributed by atoms with Crippen LogP contribution in [-0.2, 0) is 4.79 Å². The quantitative estimate of drug-likeness (QED) is 0.839. The maximum absolute atomic E-state index is 13.6. The van der Waals surface area contributed by atoms with Gasteiger partial charge in [-0.05, 0) is 63.9 Å². The lowest BCUT2D eigenvalue weighted by Crippen LogP contribution is -2.39. The van der Waals surface area contributed by atoms with Gasteiger partial charge in [-0.25, -0.2) is 4.39 Å². The summed E-state index contributed by atoms with van der Waals surface area (Å²) in [5, 5.41) is 2.93. The second-order valence-electron chi connectivity index (χ2n) is 6.27. The molecule has 1 aliphatic rings. The fourth-order valence-electron chi connectivity index (χ4n) is 2.88. The van der Waals surface area contributed by atoms with Gasteiger partial charge >= 0.3 is 0 Å². The third-order valence-corrected chi connectivity index (χ3v) is 4.46. The Labute approximate surface area is 138 Å². The number of nitrogens with zero attached hydrogens (tertiary/aromatic N) is 1. The molecule has 5 heteroatoms. The molecule has 2 rings (SSSR count). The summed E-state index contributed by atoms with van der Waals surface area (Å²) in [5.41, 5.74) is 0. The highest BCUT2D eigenvalue weighted by molar-refractivity contribution is 5.81. The van der Waals surface area contributed by atoms with E-state index in [0.29, 0.717) is 18.9 Å². The molecule has 0 bridgehead atoms. The van der Waals surface area contributed by atoms with E-state index in [1.807, 2.05) is 6.92 Å². The third-order valence-electron chi connectivity index (χ3n) is 4.46. The Morgan fingerprint density at radius 2 is 2.09 bits per heavy atom. The van der Waals surface area contributed by atoms with Gasteiger partial charge in [-0.2, -0.15) is 0 Å². The van der Waals surface area contributed by atoms with Crippen molar-refractivity contribution in [2.75, 3.05) is 26.7 Å². The molecule has 1 amide bonds. The van der Waals surface area contributed by atoms with E-state index >= 15 is 0 Å². The molecule has 4 nitrogen and oxygen atoms in total. The zero-order chi connectivity index (χ0) is 16.7. The SMILES string of the molecule is CCC(Oc1ccccc1F)C(=O)NCCC1CCN(C)CC1. The number of likely N-dealkylation sites (tertiary alicyclic amines) is 1. The Bertz CT molecular complexity index is 502. The lowest BCUT2D eigenvalue weighted by molar-refractivity contribution is -0.128. The highest BCUT2D eigenvalue weighted by Gasteiger charge is 2.21. The fourth-order valence-corrected chi connectivity index (χ4v) is 2.88. The zero-order valence-electron chi connectivity index (χ0n) is 14.1. The van der Waals surface area contributed by atoms with Crippen LogP contribution in [0.5, 0.6) is 5.75 Å². The van der Waals surface area contributed by atoms with Crippen molar-refractivity contribution in [3.05, 3.63) is 30.1 Å². The van der Waals surface area contributed by atoms with Gasteiger partial charge in [-0.15, -0.1) is 0 Å². The van der Waals surface area contributed by atoms with Crippen LogP contribution in [0.4, 0.5) is 4.39 Å². The maximum Gasteiger partial charge on any atom is 0.261 e. The van der Waals surface area contributed by atoms with Gasteiger partial charge in [0.25, 0.3) is 5.91 Å². The van der Waals surface area contributed by atoms with Crippen LogP contribution in [0.2, 0.25) is 0 Å². The van der Waals surface area contributed by atoms with Gasteiger partial charge in [0.15, 0.2) is 17.7 Å². The molecule has 0 saturated carbocycles. The molecule has 0 spiro atoms. The van der Waals surface area contributed by atoms with Crippen LogP contribution in [0.3, 0.4) is 0 Å². The Morgan fingerprint density at radius 3 is 2.74 bits per heavy atom. The van der Waals surface area contributed by atoms with Gasteiger partial charge in [0.1, 0.15) is 0 Å². The summed E-state index contributed by atoms with van der Waals surface area (Å²) in [5.74, 6) is 0.206. The number of para-hydroxylation sites is 1. The number of amides is 1. The molecular formula is C18H27FN2O2. The number of carbonyl (C=O) groups is 1. The molecule has 0 aliphatic carbocycles. The smallest absolute Gasteiger partial charge is 0.261 e. The van der Waals surface area contributed by atoms with E-state index in [1.165, 1.54) is 18.9 Å². The first-order valence-corrected chi connectivity index (χ1v) is 8.47. The molecule has 0 aromatic heterocycles. The van der Waals surface area contributed by atoms with Crippen LogP contribution >= 0.6 is 0 Å². The topological polar surface area (TPSA) is 41.6 Å². The Balaban J connectivity index is 1.75. The Kier molecular flexibility index (Phi) is 6.84. The van der Waals surface area contributed by atoms with Gasteiger partial charge in [0, 0.05) is 6.54 Å². The molecular weight excluding hydrogens is 295 g/mol. The molecule has 1 fully saturated rings. The molecule has 1 aromatic carbocycles. The first-order chi connectivity index (χ1) is 11.1. The first-order valence-electron chi connectivity index (χ1n) is 8.47. The molecule has 23 heavy (non-hydrogen) atoms. The summed E-state index contributed by atoms with van der Waals surface area (Å²) in [4.78, 5) is 14.6. The maximum atomic E-state index is 13.6. The van der Waals surface area contributed by atoms with E-state index in [2.05, 4.69) is 17.3 Å². The number of carbonyl (C=O) groups excluding carboxylic acids is 1. The number of rotatable bonds is 7. The standard InChI is InChI=1S/C18H27FN2O2/c1-3-16(23-17-7-5-4-6-15(17)19)18(22)20-11-8-14-9-12-21(2)13-10-14/h4-7,14,16H,3,8-13H2,1-2H3,(H,20,22). The summed E-state index contributed by atoms with van der Waals surface area (Å²) < 4.78 is 19.1. The fraction of sp³-hybridized carbons (Fsp3) is 0.611. The predicted octanol–water partition coefficient (Wildman–Crippen LogP) is 2.83. The van der Waals surface area contributed by atoms with E-state index in [9.17, 15) is 9.18 Å². The molecule has 1 heterocycles. The van der Waals surface area contributed by atoms with Gasteiger partial charge in [-0.3, -0.25) is 4.79 Å². The minimum absolute atomic E-state index is 0.129. The number of halogens is 1. The second-order valence-corrected chi connectivity index (χ2v) is 6.27. The predicted molar refractivity (Wildman–Crippen MR) is 89.0 cm³/mol. The largest absolute Gasteiger partial charge is 0.478 e. The van der Waals surface area contributed by atoms with E-state index < -0.39 is 11.9 Å². The molecule has 1 N–H and O–H groups in total. The number of benzene rings is 1. The van der Waals surface area contributed by atoms with Crippen LogP contribution in [0, 0.1) is 11.7 Å². The van der Waals surface area contributed by atoms with E-state index in [1.54, 1.807) is 18.2 Å². The van der Waals surface area contributed by atoms with Gasteiger partial charge in [0.2, 0.25) is 0 Å². The van der Waals surface area contributed by atoms with Crippen LogP contribution in [0.25, 0.3) is 0 Å². The van der Waals surface area contributed by atoms with Crippen LogP contribution in [-0.4, -0.2) is 43.6 Å². The summed E-state index contributed by atoms with van der Waals surface area (Å²) >= 11 is 0. The summed E-state index contributed by atoms with van der Waals surface area (Å²) in [6.45, 7) is 4.78.